The van der Waals surface area contributed by atoms with Crippen LogP contribution < -0.4 is 5.32 Å². The summed E-state index contributed by atoms with van der Waals surface area (Å²) < 4.78 is 10.1. The number of aromatic nitrogens is 2. The fourth-order valence-electron chi connectivity index (χ4n) is 2.24. The van der Waals surface area contributed by atoms with E-state index in [0.29, 0.717) is 5.89 Å². The molecule has 3 rings (SSSR count). The quantitative estimate of drug-likeness (QED) is 0.832. The third-order valence-electron chi connectivity index (χ3n) is 3.28. The first-order valence-corrected chi connectivity index (χ1v) is 7.41. The summed E-state index contributed by atoms with van der Waals surface area (Å²) in [5, 5.41) is 8.32. The number of imide groups is 1. The Morgan fingerprint density at radius 1 is 1.50 bits per heavy atom. The monoisotopic (exact) mass is 322 g/mol. The van der Waals surface area contributed by atoms with Gasteiger partial charge in [0.2, 0.25) is 0 Å². The second-order valence-electron chi connectivity index (χ2n) is 5.08. The van der Waals surface area contributed by atoms with Gasteiger partial charge < -0.3 is 14.6 Å². The zero-order valence-corrected chi connectivity index (χ0v) is 12.8. The number of carbonyl (C=O) groups excluding carboxylic acids is 2. The van der Waals surface area contributed by atoms with Gasteiger partial charge in [-0.2, -0.15) is 4.98 Å². The maximum Gasteiger partial charge on any atom is 0.325 e. The first-order chi connectivity index (χ1) is 10.5. The van der Waals surface area contributed by atoms with Crippen molar-refractivity contribution in [1.82, 2.24) is 20.4 Å². The van der Waals surface area contributed by atoms with Crippen LogP contribution in [-0.4, -0.2) is 46.2 Å². The van der Waals surface area contributed by atoms with Crippen molar-refractivity contribution < 1.29 is 18.8 Å². The third-order valence-corrected chi connectivity index (χ3v) is 4.14. The van der Waals surface area contributed by atoms with Gasteiger partial charge in [-0.25, -0.2) is 4.79 Å². The molecule has 9 heteroatoms. The molecule has 1 aliphatic rings. The van der Waals surface area contributed by atoms with E-state index >= 15 is 0 Å². The van der Waals surface area contributed by atoms with Crippen LogP contribution in [0.5, 0.6) is 0 Å². The highest BCUT2D eigenvalue weighted by molar-refractivity contribution is 7.13. The van der Waals surface area contributed by atoms with Gasteiger partial charge in [-0.1, -0.05) is 11.2 Å². The summed E-state index contributed by atoms with van der Waals surface area (Å²) in [5.41, 5.74) is -1.06. The Morgan fingerprint density at radius 3 is 3.00 bits per heavy atom. The van der Waals surface area contributed by atoms with Gasteiger partial charge in [-0.3, -0.25) is 9.69 Å². The first kappa shape index (κ1) is 14.7. The lowest BCUT2D eigenvalue weighted by Gasteiger charge is -2.19. The highest BCUT2D eigenvalue weighted by Crippen LogP contribution is 2.24. The van der Waals surface area contributed by atoms with E-state index in [2.05, 4.69) is 15.5 Å². The number of thiophene rings is 1. The molecular weight excluding hydrogens is 308 g/mol. The number of hydrogen-bond acceptors (Lipinski definition) is 7. The second-order valence-corrected chi connectivity index (χ2v) is 6.03. The van der Waals surface area contributed by atoms with Crippen molar-refractivity contribution in [2.45, 2.75) is 19.0 Å². The third kappa shape index (κ3) is 2.48. The number of methoxy groups -OCH3 is 1. The molecule has 1 fully saturated rings. The molecule has 2 aromatic rings. The fraction of sp³-hybridized carbons (Fsp3) is 0.385. The van der Waals surface area contributed by atoms with Crippen molar-refractivity contribution in [2.75, 3.05) is 13.7 Å². The molecule has 1 aliphatic heterocycles. The van der Waals surface area contributed by atoms with Gasteiger partial charge in [0.15, 0.2) is 5.82 Å². The number of carbonyl (C=O) groups is 2. The van der Waals surface area contributed by atoms with Crippen molar-refractivity contribution in [3.05, 3.63) is 23.3 Å². The van der Waals surface area contributed by atoms with Gasteiger partial charge in [0.25, 0.3) is 11.8 Å². The van der Waals surface area contributed by atoms with Crippen LogP contribution in [0.3, 0.4) is 0 Å². The highest BCUT2D eigenvalue weighted by Gasteiger charge is 2.48. The molecule has 3 amide bonds. The Kier molecular flexibility index (Phi) is 3.67. The lowest BCUT2D eigenvalue weighted by atomic mass is 10.0. The Bertz CT molecular complexity index is 699. The highest BCUT2D eigenvalue weighted by atomic mass is 32.1. The molecule has 116 valence electrons. The number of rotatable bonds is 5. The lowest BCUT2D eigenvalue weighted by Crippen LogP contribution is -2.47. The molecule has 22 heavy (non-hydrogen) atoms. The van der Waals surface area contributed by atoms with Crippen LogP contribution in [0, 0.1) is 0 Å². The van der Waals surface area contributed by atoms with Gasteiger partial charge in [-0.15, -0.1) is 11.3 Å². The largest absolute Gasteiger partial charge is 0.382 e. The molecule has 2 aromatic heterocycles. The maximum atomic E-state index is 12.3. The Hall–Kier alpha value is -2.26. The molecule has 0 unspecified atom stereocenters. The van der Waals surface area contributed by atoms with Gasteiger partial charge in [-0.05, 0) is 18.4 Å². The minimum atomic E-state index is -1.06. The van der Waals surface area contributed by atoms with Crippen LogP contribution in [0.4, 0.5) is 4.79 Å². The molecule has 1 N–H and O–H groups in total. The smallest absolute Gasteiger partial charge is 0.325 e. The van der Waals surface area contributed by atoms with Crippen LogP contribution in [0.15, 0.2) is 22.0 Å². The van der Waals surface area contributed by atoms with Crippen LogP contribution in [-0.2, 0) is 16.1 Å². The van der Waals surface area contributed by atoms with Crippen molar-refractivity contribution in [2.24, 2.45) is 0 Å². The predicted molar refractivity (Wildman–Crippen MR) is 77.0 cm³/mol. The van der Waals surface area contributed by atoms with E-state index in [1.165, 1.54) is 18.4 Å². The zero-order valence-electron chi connectivity index (χ0n) is 12.0. The Balaban J connectivity index is 1.76. The van der Waals surface area contributed by atoms with Gasteiger partial charge in [0.05, 0.1) is 18.0 Å². The SMILES string of the molecule is COC[C@@]1(C)NC(=O)N(Cc2noc(-c3cccs3)n2)C1=O. The van der Waals surface area contributed by atoms with Gasteiger partial charge >= 0.3 is 6.03 Å². The fourth-order valence-corrected chi connectivity index (χ4v) is 2.88. The van der Waals surface area contributed by atoms with E-state index < -0.39 is 11.6 Å². The Morgan fingerprint density at radius 2 is 2.32 bits per heavy atom. The number of nitrogens with one attached hydrogen (secondary N) is 1. The van der Waals surface area contributed by atoms with Crippen LogP contribution in [0.25, 0.3) is 10.8 Å². The van der Waals surface area contributed by atoms with E-state index in [0.717, 1.165) is 9.78 Å². The summed E-state index contributed by atoms with van der Waals surface area (Å²) in [6.07, 6.45) is 0. The molecule has 0 aliphatic carbocycles. The van der Waals surface area contributed by atoms with Crippen molar-refractivity contribution >= 4 is 23.3 Å². The summed E-state index contributed by atoms with van der Waals surface area (Å²) >= 11 is 1.47. The zero-order chi connectivity index (χ0) is 15.7. The van der Waals surface area contributed by atoms with Crippen LogP contribution in [0.2, 0.25) is 0 Å². The topological polar surface area (TPSA) is 97.6 Å². The first-order valence-electron chi connectivity index (χ1n) is 6.53. The number of ether oxygens (including phenoxy) is 1. The number of nitrogens with zero attached hydrogens (tertiary/aromatic N) is 3. The van der Waals surface area contributed by atoms with Crippen molar-refractivity contribution in [3.8, 4) is 10.8 Å². The Labute approximate surface area is 130 Å². The summed E-state index contributed by atoms with van der Waals surface area (Å²) in [6.45, 7) is 1.67. The molecule has 0 bridgehead atoms. The maximum absolute atomic E-state index is 12.3. The molecule has 0 radical (unpaired) electrons. The normalized spacial score (nSPS) is 21.5. The summed E-state index contributed by atoms with van der Waals surface area (Å²) in [4.78, 5) is 30.4. The second kappa shape index (κ2) is 5.50. The van der Waals surface area contributed by atoms with E-state index in [9.17, 15) is 9.59 Å². The summed E-state index contributed by atoms with van der Waals surface area (Å²) in [7, 11) is 1.47. The average molecular weight is 322 g/mol. The van der Waals surface area contributed by atoms with E-state index in [1.807, 2.05) is 17.5 Å². The molecule has 0 spiro atoms. The van der Waals surface area contributed by atoms with E-state index in [-0.39, 0.29) is 24.9 Å². The molecule has 1 atom stereocenters. The molecule has 8 nitrogen and oxygen atoms in total. The standard InChI is InChI=1S/C13H14N4O4S/c1-13(7-20-2)11(18)17(12(19)15-13)6-9-14-10(21-16-9)8-4-3-5-22-8/h3-5H,6-7H2,1-2H3,(H,15,19)/t13-/m1/s1. The number of urea groups is 1. The van der Waals surface area contributed by atoms with Crippen LogP contribution in [0.1, 0.15) is 12.7 Å². The summed E-state index contributed by atoms with van der Waals surface area (Å²) in [6, 6.07) is 3.23. The average Bonchev–Trinajstić information content (AvgIpc) is 3.17. The number of hydrogen-bond donors (Lipinski definition) is 1. The summed E-state index contributed by atoms with van der Waals surface area (Å²) in [5.74, 6) is 0.270. The minimum absolute atomic E-state index is 0.0428. The minimum Gasteiger partial charge on any atom is -0.382 e. The van der Waals surface area contributed by atoms with Crippen molar-refractivity contribution in [1.29, 1.82) is 0 Å². The van der Waals surface area contributed by atoms with Gasteiger partial charge in [0, 0.05) is 7.11 Å². The van der Waals surface area contributed by atoms with Crippen molar-refractivity contribution in [3.63, 3.8) is 0 Å². The van der Waals surface area contributed by atoms with E-state index in [4.69, 9.17) is 9.26 Å². The molecule has 0 saturated carbocycles. The lowest BCUT2D eigenvalue weighted by molar-refractivity contribution is -0.132. The predicted octanol–water partition coefficient (Wildman–Crippen LogP) is 1.25. The number of amides is 3. The molecule has 3 heterocycles. The molecule has 0 aromatic carbocycles. The van der Waals surface area contributed by atoms with E-state index in [1.54, 1.807) is 6.92 Å². The molecule has 1 saturated heterocycles. The van der Waals surface area contributed by atoms with Crippen LogP contribution >= 0.6 is 11.3 Å². The molecular formula is C13H14N4O4S. The van der Waals surface area contributed by atoms with Gasteiger partial charge in [0.1, 0.15) is 5.54 Å².